The molecule has 0 amide bonds. The first kappa shape index (κ1) is 10.8. The molecule has 1 aromatic rings. The molecule has 0 aromatic heterocycles. The molecule has 3 nitrogen and oxygen atoms in total. The van der Waals surface area contributed by atoms with Gasteiger partial charge in [0, 0.05) is 5.56 Å². The molecule has 1 aromatic carbocycles. The average Bonchev–Trinajstić information content (AvgIpc) is 2.15. The summed E-state index contributed by atoms with van der Waals surface area (Å²) in [6.45, 7) is 0. The summed E-state index contributed by atoms with van der Waals surface area (Å²) >= 11 is 0. The van der Waals surface area contributed by atoms with Crippen molar-refractivity contribution in [2.24, 2.45) is 0 Å². The van der Waals surface area contributed by atoms with E-state index in [0.717, 1.165) is 0 Å². The van der Waals surface area contributed by atoms with Gasteiger partial charge in [-0.2, -0.15) is 12.8 Å². The first-order chi connectivity index (χ1) is 6.43. The summed E-state index contributed by atoms with van der Waals surface area (Å²) in [4.78, 5) is 0. The molecule has 0 bridgehead atoms. The van der Waals surface area contributed by atoms with Gasteiger partial charge < -0.3 is 0 Å². The smallest absolute Gasteiger partial charge is 0.280 e. The van der Waals surface area contributed by atoms with Gasteiger partial charge in [0.2, 0.25) is 0 Å². The van der Waals surface area contributed by atoms with Gasteiger partial charge in [-0.1, -0.05) is 30.3 Å². The van der Waals surface area contributed by atoms with E-state index in [0.29, 0.717) is 0 Å². The van der Waals surface area contributed by atoms with E-state index in [1.807, 2.05) is 0 Å². The average molecular weight is 220 g/mol. The second-order valence-electron chi connectivity index (χ2n) is 2.43. The Morgan fingerprint density at radius 1 is 1.14 bits per heavy atom. The fourth-order valence-electron chi connectivity index (χ4n) is 0.811. The zero-order valence-electron chi connectivity index (χ0n) is 6.81. The molecular weight excluding hydrogens is 214 g/mol. The van der Waals surface area contributed by atoms with Gasteiger partial charge in [0.1, 0.15) is 0 Å². The van der Waals surface area contributed by atoms with Crippen LogP contribution in [0, 0.1) is 0 Å². The Morgan fingerprint density at radius 3 is 2.07 bits per heavy atom. The molecule has 0 fully saturated rings. The van der Waals surface area contributed by atoms with Crippen molar-refractivity contribution in [3.8, 4) is 0 Å². The van der Waals surface area contributed by atoms with E-state index in [1.54, 1.807) is 6.07 Å². The standard InChI is InChI=1S/C8H6F2O3S/c9-7(8(10)14(11,12)13)6-4-2-1-3-5-6/h1-5H,(H,11,12,13). The van der Waals surface area contributed by atoms with E-state index in [4.69, 9.17) is 4.55 Å². The lowest BCUT2D eigenvalue weighted by Crippen LogP contribution is -1.98. The lowest BCUT2D eigenvalue weighted by molar-refractivity contribution is 0.471. The lowest BCUT2D eigenvalue weighted by atomic mass is 10.2. The number of halogens is 2. The lowest BCUT2D eigenvalue weighted by Gasteiger charge is -1.97. The Kier molecular flexibility index (Phi) is 2.97. The maximum Gasteiger partial charge on any atom is 0.324 e. The summed E-state index contributed by atoms with van der Waals surface area (Å²) in [6, 6.07) is 6.74. The minimum Gasteiger partial charge on any atom is -0.280 e. The van der Waals surface area contributed by atoms with Gasteiger partial charge >= 0.3 is 10.1 Å². The van der Waals surface area contributed by atoms with E-state index in [-0.39, 0.29) is 5.56 Å². The van der Waals surface area contributed by atoms with Gasteiger partial charge in [0.15, 0.2) is 5.83 Å². The van der Waals surface area contributed by atoms with Crippen LogP contribution in [-0.4, -0.2) is 13.0 Å². The third kappa shape index (κ3) is 2.36. The predicted octanol–water partition coefficient (Wildman–Crippen LogP) is 2.14. The maximum atomic E-state index is 13.0. The third-order valence-corrected chi connectivity index (χ3v) is 2.06. The molecule has 1 rings (SSSR count). The van der Waals surface area contributed by atoms with Crippen molar-refractivity contribution in [1.82, 2.24) is 0 Å². The normalized spacial score (nSPS) is 13.6. The molecule has 14 heavy (non-hydrogen) atoms. The van der Waals surface area contributed by atoms with Crippen LogP contribution in [0.3, 0.4) is 0 Å². The highest BCUT2D eigenvalue weighted by Crippen LogP contribution is 2.23. The van der Waals surface area contributed by atoms with E-state index >= 15 is 0 Å². The Balaban J connectivity index is 3.26. The monoisotopic (exact) mass is 220 g/mol. The second-order valence-corrected chi connectivity index (χ2v) is 3.74. The summed E-state index contributed by atoms with van der Waals surface area (Å²) in [6.07, 6.45) is 0. The highest BCUT2D eigenvalue weighted by atomic mass is 32.2. The second kappa shape index (κ2) is 3.85. The van der Waals surface area contributed by atoms with Gasteiger partial charge in [0.05, 0.1) is 0 Å². The SMILES string of the molecule is O=S(=O)(O)C(F)=C(F)c1ccccc1. The van der Waals surface area contributed by atoms with Crippen LogP contribution in [0.4, 0.5) is 8.78 Å². The summed E-state index contributed by atoms with van der Waals surface area (Å²) in [5.74, 6) is -1.60. The zero-order chi connectivity index (χ0) is 10.8. The molecule has 0 aliphatic heterocycles. The molecule has 0 aliphatic carbocycles. The predicted molar refractivity (Wildman–Crippen MR) is 47.1 cm³/mol. The van der Waals surface area contributed by atoms with Crippen LogP contribution in [0.5, 0.6) is 0 Å². The highest BCUT2D eigenvalue weighted by molar-refractivity contribution is 7.89. The van der Waals surface area contributed by atoms with Crippen LogP contribution in [-0.2, 0) is 10.1 Å². The highest BCUT2D eigenvalue weighted by Gasteiger charge is 2.20. The van der Waals surface area contributed by atoms with Gasteiger partial charge in [-0.05, 0) is 0 Å². The van der Waals surface area contributed by atoms with Crippen LogP contribution in [0.2, 0.25) is 0 Å². The van der Waals surface area contributed by atoms with Crippen molar-refractivity contribution in [3.63, 3.8) is 0 Å². The van der Waals surface area contributed by atoms with E-state index in [9.17, 15) is 17.2 Å². The summed E-state index contributed by atoms with van der Waals surface area (Å²) in [5.41, 5.74) is -0.248. The van der Waals surface area contributed by atoms with Gasteiger partial charge in [-0.3, -0.25) is 4.55 Å². The third-order valence-electron chi connectivity index (χ3n) is 1.43. The maximum absolute atomic E-state index is 13.0. The molecule has 6 heteroatoms. The summed E-state index contributed by atoms with van der Waals surface area (Å²) in [5, 5.41) is -2.18. The quantitative estimate of drug-likeness (QED) is 0.777. The summed E-state index contributed by atoms with van der Waals surface area (Å²) < 4.78 is 54.3. The van der Waals surface area contributed by atoms with Gasteiger partial charge in [-0.15, -0.1) is 0 Å². The van der Waals surface area contributed by atoms with Crippen molar-refractivity contribution >= 4 is 15.9 Å². The van der Waals surface area contributed by atoms with Crippen LogP contribution in [0.15, 0.2) is 35.5 Å². The molecule has 0 spiro atoms. The minimum atomic E-state index is -5.11. The Labute approximate surface area is 79.4 Å². The van der Waals surface area contributed by atoms with Crippen molar-refractivity contribution in [3.05, 3.63) is 41.1 Å². The van der Waals surface area contributed by atoms with Crippen molar-refractivity contribution in [1.29, 1.82) is 0 Å². The molecule has 0 aliphatic rings. The van der Waals surface area contributed by atoms with E-state index < -0.39 is 21.1 Å². The fourth-order valence-corrected chi connectivity index (χ4v) is 1.16. The first-order valence-corrected chi connectivity index (χ1v) is 4.95. The minimum absolute atomic E-state index is 0.248. The van der Waals surface area contributed by atoms with Crippen molar-refractivity contribution in [2.75, 3.05) is 0 Å². The summed E-state index contributed by atoms with van der Waals surface area (Å²) in [7, 11) is -5.11. The number of hydrogen-bond donors (Lipinski definition) is 1. The molecule has 0 unspecified atom stereocenters. The molecule has 76 valence electrons. The number of hydrogen-bond acceptors (Lipinski definition) is 2. The number of benzene rings is 1. The number of rotatable bonds is 2. The van der Waals surface area contributed by atoms with Crippen molar-refractivity contribution in [2.45, 2.75) is 0 Å². The molecule has 0 atom stereocenters. The van der Waals surface area contributed by atoms with E-state index in [1.165, 1.54) is 24.3 Å². The van der Waals surface area contributed by atoms with Crippen LogP contribution < -0.4 is 0 Å². The molecule has 0 saturated heterocycles. The largest absolute Gasteiger partial charge is 0.324 e. The molecule has 0 heterocycles. The zero-order valence-corrected chi connectivity index (χ0v) is 7.63. The fraction of sp³-hybridized carbons (Fsp3) is 0. The van der Waals surface area contributed by atoms with Crippen LogP contribution in [0.25, 0.3) is 5.83 Å². The van der Waals surface area contributed by atoms with Crippen molar-refractivity contribution < 1.29 is 21.8 Å². The van der Waals surface area contributed by atoms with Crippen LogP contribution >= 0.6 is 0 Å². The topological polar surface area (TPSA) is 54.4 Å². The Hall–Kier alpha value is -1.27. The molecular formula is C8H6F2O3S. The Morgan fingerprint density at radius 2 is 1.64 bits per heavy atom. The van der Waals surface area contributed by atoms with E-state index in [2.05, 4.69) is 0 Å². The van der Waals surface area contributed by atoms with Gasteiger partial charge in [-0.25, -0.2) is 4.39 Å². The van der Waals surface area contributed by atoms with Gasteiger partial charge in [0.25, 0.3) is 5.16 Å². The Bertz CT molecular complexity index is 451. The first-order valence-electron chi connectivity index (χ1n) is 3.51. The molecule has 0 radical (unpaired) electrons. The molecule has 0 saturated carbocycles. The van der Waals surface area contributed by atoms with Crippen LogP contribution in [0.1, 0.15) is 5.56 Å². The molecule has 1 N–H and O–H groups in total.